The normalized spacial score (nSPS) is 16.8. The topological polar surface area (TPSA) is 104 Å². The van der Waals surface area contributed by atoms with Crippen LogP contribution in [0.1, 0.15) is 33.6 Å². The van der Waals surface area contributed by atoms with Gasteiger partial charge in [0.15, 0.2) is 0 Å². The highest BCUT2D eigenvalue weighted by atomic mass is 16.3. The Morgan fingerprint density at radius 1 is 1.32 bits per heavy atom. The molecule has 1 heterocycles. The number of nitrogens with two attached hydrogens (primary N) is 1. The highest BCUT2D eigenvalue weighted by molar-refractivity contribution is 6.37. The molecule has 0 spiro atoms. The molecule has 19 heavy (non-hydrogen) atoms. The maximum Gasteiger partial charge on any atom is 0.321 e. The second-order valence-electron chi connectivity index (χ2n) is 4.32. The van der Waals surface area contributed by atoms with Gasteiger partial charge < -0.3 is 15.7 Å². The van der Waals surface area contributed by atoms with Crippen LogP contribution in [0.4, 0.5) is 4.79 Å². The summed E-state index contributed by atoms with van der Waals surface area (Å²) in [5.74, 6) is -1.49. The average molecular weight is 273 g/mol. The largest absolute Gasteiger partial charge is 0.393 e. The Bertz CT molecular complexity index is 331. The predicted molar refractivity (Wildman–Crippen MR) is 70.1 cm³/mol. The lowest BCUT2D eigenvalue weighted by molar-refractivity contribution is -0.153. The fraction of sp³-hybridized carbons (Fsp3) is 0.750. The zero-order valence-corrected chi connectivity index (χ0v) is 11.8. The van der Waals surface area contributed by atoms with Crippen LogP contribution < -0.4 is 5.73 Å². The Morgan fingerprint density at radius 2 is 1.89 bits per heavy atom. The quantitative estimate of drug-likeness (QED) is 0.702. The van der Waals surface area contributed by atoms with Gasteiger partial charge >= 0.3 is 17.8 Å². The average Bonchev–Trinajstić information content (AvgIpc) is 2.32. The van der Waals surface area contributed by atoms with Crippen molar-refractivity contribution in [3.8, 4) is 0 Å². The third kappa shape index (κ3) is 5.69. The minimum Gasteiger partial charge on any atom is -0.393 e. The number of nitrogens with zero attached hydrogens (tertiary/aromatic N) is 2. The van der Waals surface area contributed by atoms with Crippen molar-refractivity contribution >= 4 is 17.8 Å². The van der Waals surface area contributed by atoms with E-state index < -0.39 is 17.8 Å². The third-order valence-electron chi connectivity index (χ3n) is 2.66. The van der Waals surface area contributed by atoms with Crippen LogP contribution in [0.5, 0.6) is 0 Å². The van der Waals surface area contributed by atoms with Crippen molar-refractivity contribution in [2.45, 2.75) is 39.7 Å². The number of primary amides is 1. The monoisotopic (exact) mass is 273 g/mol. The molecule has 4 amide bonds. The van der Waals surface area contributed by atoms with Crippen molar-refractivity contribution in [2.75, 3.05) is 19.6 Å². The number of likely N-dealkylation sites (N-methyl/N-ethyl adjacent to an activating group) is 1. The molecule has 7 heteroatoms. The SMILES string of the molecule is CCCC(C)O.CCN1CCN(C(N)=O)C(=O)C1=O. The smallest absolute Gasteiger partial charge is 0.321 e. The molecule has 0 aliphatic carbocycles. The van der Waals surface area contributed by atoms with Crippen molar-refractivity contribution in [1.82, 2.24) is 9.80 Å². The summed E-state index contributed by atoms with van der Waals surface area (Å²) in [4.78, 5) is 35.2. The van der Waals surface area contributed by atoms with Crippen LogP contribution in [0, 0.1) is 0 Å². The molecular weight excluding hydrogens is 250 g/mol. The molecule has 1 rings (SSSR count). The summed E-state index contributed by atoms with van der Waals surface area (Å²) in [6.07, 6.45) is 1.91. The van der Waals surface area contributed by atoms with Crippen LogP contribution in [-0.2, 0) is 9.59 Å². The number of carbonyl (C=O) groups excluding carboxylic acids is 3. The van der Waals surface area contributed by atoms with Gasteiger partial charge in [0.1, 0.15) is 0 Å². The van der Waals surface area contributed by atoms with Crippen LogP contribution in [0.25, 0.3) is 0 Å². The Morgan fingerprint density at radius 3 is 2.21 bits per heavy atom. The molecule has 0 aromatic carbocycles. The van der Waals surface area contributed by atoms with E-state index in [-0.39, 0.29) is 12.6 Å². The van der Waals surface area contributed by atoms with E-state index in [1.165, 1.54) is 4.90 Å². The number of aliphatic hydroxyl groups is 1. The van der Waals surface area contributed by atoms with Crippen LogP contribution in [0.3, 0.4) is 0 Å². The molecule has 0 saturated carbocycles. The van der Waals surface area contributed by atoms with Crippen molar-refractivity contribution in [1.29, 1.82) is 0 Å². The highest BCUT2D eigenvalue weighted by Crippen LogP contribution is 2.03. The number of hydrogen-bond acceptors (Lipinski definition) is 4. The van der Waals surface area contributed by atoms with Crippen molar-refractivity contribution in [3.63, 3.8) is 0 Å². The molecule has 0 aromatic rings. The zero-order valence-electron chi connectivity index (χ0n) is 11.8. The highest BCUT2D eigenvalue weighted by Gasteiger charge is 2.34. The Kier molecular flexibility index (Phi) is 7.74. The number of urea groups is 1. The molecular formula is C12H23N3O4. The number of hydrogen-bond donors (Lipinski definition) is 2. The van der Waals surface area contributed by atoms with E-state index in [1.54, 1.807) is 6.92 Å². The van der Waals surface area contributed by atoms with E-state index in [0.717, 1.165) is 17.7 Å². The molecule has 0 radical (unpaired) electrons. The molecule has 1 fully saturated rings. The van der Waals surface area contributed by atoms with E-state index in [9.17, 15) is 14.4 Å². The van der Waals surface area contributed by atoms with Crippen LogP contribution in [0.2, 0.25) is 0 Å². The fourth-order valence-corrected chi connectivity index (χ4v) is 1.60. The summed E-state index contributed by atoms with van der Waals surface area (Å²) < 4.78 is 0. The number of rotatable bonds is 3. The van der Waals surface area contributed by atoms with E-state index in [2.05, 4.69) is 6.92 Å². The fourth-order valence-electron chi connectivity index (χ4n) is 1.60. The predicted octanol–water partition coefficient (Wildman–Crippen LogP) is -0.0769. The zero-order chi connectivity index (χ0) is 15.0. The molecule has 1 saturated heterocycles. The van der Waals surface area contributed by atoms with Crippen LogP contribution >= 0.6 is 0 Å². The lowest BCUT2D eigenvalue weighted by Crippen LogP contribution is -2.57. The lowest BCUT2D eigenvalue weighted by atomic mass is 10.2. The molecule has 0 bridgehead atoms. The number of imide groups is 1. The minimum atomic E-state index is -0.867. The van der Waals surface area contributed by atoms with Gasteiger partial charge in [0.25, 0.3) is 0 Å². The summed E-state index contributed by atoms with van der Waals surface area (Å²) in [5, 5.41) is 8.55. The second-order valence-corrected chi connectivity index (χ2v) is 4.32. The van der Waals surface area contributed by atoms with Crippen LogP contribution in [0.15, 0.2) is 0 Å². The van der Waals surface area contributed by atoms with E-state index in [0.29, 0.717) is 13.1 Å². The first-order valence-electron chi connectivity index (χ1n) is 6.43. The maximum absolute atomic E-state index is 11.2. The summed E-state index contributed by atoms with van der Waals surface area (Å²) in [7, 11) is 0. The summed E-state index contributed by atoms with van der Waals surface area (Å²) in [6, 6.07) is -0.867. The first-order valence-corrected chi connectivity index (χ1v) is 6.43. The summed E-state index contributed by atoms with van der Waals surface area (Å²) in [5.41, 5.74) is 4.90. The molecule has 1 atom stereocenters. The van der Waals surface area contributed by atoms with E-state index in [4.69, 9.17) is 10.8 Å². The Balaban J connectivity index is 0.000000459. The van der Waals surface area contributed by atoms with Crippen LogP contribution in [-0.4, -0.2) is 58.5 Å². The first kappa shape index (κ1) is 17.4. The van der Waals surface area contributed by atoms with E-state index >= 15 is 0 Å². The molecule has 7 nitrogen and oxygen atoms in total. The molecule has 110 valence electrons. The van der Waals surface area contributed by atoms with Gasteiger partial charge in [-0.15, -0.1) is 0 Å². The number of piperazine rings is 1. The molecule has 1 aliphatic rings. The molecule has 1 aliphatic heterocycles. The van der Waals surface area contributed by atoms with Gasteiger partial charge in [-0.3, -0.25) is 14.5 Å². The van der Waals surface area contributed by atoms with Crippen molar-refractivity contribution in [3.05, 3.63) is 0 Å². The minimum absolute atomic E-state index is 0.102. The summed E-state index contributed by atoms with van der Waals surface area (Å²) in [6.45, 7) is 6.66. The third-order valence-corrected chi connectivity index (χ3v) is 2.66. The number of amides is 4. The van der Waals surface area contributed by atoms with E-state index in [1.807, 2.05) is 6.92 Å². The van der Waals surface area contributed by atoms with Crippen molar-refractivity contribution in [2.24, 2.45) is 5.73 Å². The van der Waals surface area contributed by atoms with Gasteiger partial charge in [0, 0.05) is 19.6 Å². The number of carbonyl (C=O) groups is 3. The van der Waals surface area contributed by atoms with Gasteiger partial charge in [-0.2, -0.15) is 0 Å². The second kappa shape index (κ2) is 8.47. The van der Waals surface area contributed by atoms with Gasteiger partial charge in [-0.1, -0.05) is 13.3 Å². The maximum atomic E-state index is 11.2. The molecule has 1 unspecified atom stereocenters. The Hall–Kier alpha value is -1.63. The first-order chi connectivity index (χ1) is 8.84. The van der Waals surface area contributed by atoms with Crippen molar-refractivity contribution < 1.29 is 19.5 Å². The Labute approximate surface area is 113 Å². The summed E-state index contributed by atoms with van der Waals surface area (Å²) >= 11 is 0. The standard InChI is InChI=1S/C7H11N3O3.C5H12O/c1-2-9-3-4-10(7(8)13)6(12)5(9)11;1-3-4-5(2)6/h2-4H2,1H3,(H2,8,13);5-6H,3-4H2,1-2H3. The molecule has 0 aromatic heterocycles. The van der Waals surface area contributed by atoms with Gasteiger partial charge in [-0.25, -0.2) is 4.79 Å². The van der Waals surface area contributed by atoms with Gasteiger partial charge in [-0.05, 0) is 20.3 Å². The van der Waals surface area contributed by atoms with Gasteiger partial charge in [0.2, 0.25) is 0 Å². The number of aliphatic hydroxyl groups excluding tert-OH is 1. The molecule has 3 N–H and O–H groups in total. The lowest BCUT2D eigenvalue weighted by Gasteiger charge is -2.30. The van der Waals surface area contributed by atoms with Gasteiger partial charge in [0.05, 0.1) is 6.10 Å².